The predicted octanol–water partition coefficient (Wildman–Crippen LogP) is 3.02. The molecule has 0 aliphatic carbocycles. The van der Waals surface area contributed by atoms with Crippen LogP contribution in [0.2, 0.25) is 0 Å². The van der Waals surface area contributed by atoms with Crippen LogP contribution in [0, 0.1) is 10.5 Å². The summed E-state index contributed by atoms with van der Waals surface area (Å²) in [5, 5.41) is 2.78. The molecule has 0 spiro atoms. The third-order valence-electron chi connectivity index (χ3n) is 3.07. The van der Waals surface area contributed by atoms with Crippen LogP contribution in [0.25, 0.3) is 0 Å². The van der Waals surface area contributed by atoms with E-state index in [1.165, 1.54) is 0 Å². The summed E-state index contributed by atoms with van der Waals surface area (Å²) in [6, 6.07) is 8.84. The van der Waals surface area contributed by atoms with E-state index in [1.807, 2.05) is 13.0 Å². The van der Waals surface area contributed by atoms with E-state index in [4.69, 9.17) is 9.47 Å². The standard InChI is InChI=1S/C15H13IN2O3/c1-9-11(16)3-5-14(17-9)18-15(19)10-2-4-12-13(8-10)21-7-6-20-12/h2-5,8H,6-7H2,1H3,(H,17,18,19). The van der Waals surface area contributed by atoms with Crippen molar-refractivity contribution in [1.29, 1.82) is 0 Å². The van der Waals surface area contributed by atoms with E-state index in [1.54, 1.807) is 24.3 Å². The maximum Gasteiger partial charge on any atom is 0.256 e. The molecule has 6 heteroatoms. The number of carbonyl (C=O) groups excluding carboxylic acids is 1. The molecule has 5 nitrogen and oxygen atoms in total. The zero-order valence-corrected chi connectivity index (χ0v) is 13.5. The lowest BCUT2D eigenvalue weighted by Gasteiger charge is -2.18. The summed E-state index contributed by atoms with van der Waals surface area (Å²) in [6.45, 7) is 2.93. The lowest BCUT2D eigenvalue weighted by atomic mass is 10.2. The second kappa shape index (κ2) is 5.88. The van der Waals surface area contributed by atoms with Crippen molar-refractivity contribution in [3.8, 4) is 11.5 Å². The molecule has 108 valence electrons. The number of nitrogens with one attached hydrogen (secondary N) is 1. The summed E-state index contributed by atoms with van der Waals surface area (Å²) in [5.41, 5.74) is 1.40. The van der Waals surface area contributed by atoms with E-state index < -0.39 is 0 Å². The van der Waals surface area contributed by atoms with Crippen molar-refractivity contribution < 1.29 is 14.3 Å². The van der Waals surface area contributed by atoms with Crippen LogP contribution in [0.3, 0.4) is 0 Å². The van der Waals surface area contributed by atoms with Gasteiger partial charge in [0.05, 0.1) is 5.69 Å². The van der Waals surface area contributed by atoms with Gasteiger partial charge in [-0.05, 0) is 59.8 Å². The van der Waals surface area contributed by atoms with Gasteiger partial charge in [0.2, 0.25) is 0 Å². The summed E-state index contributed by atoms with van der Waals surface area (Å²) in [5.74, 6) is 1.58. The van der Waals surface area contributed by atoms with Gasteiger partial charge in [-0.1, -0.05) is 0 Å². The number of aryl methyl sites for hydroxylation is 1. The summed E-state index contributed by atoms with van der Waals surface area (Å²) in [4.78, 5) is 16.6. The summed E-state index contributed by atoms with van der Waals surface area (Å²) in [7, 11) is 0. The number of amides is 1. The minimum Gasteiger partial charge on any atom is -0.486 e. The van der Waals surface area contributed by atoms with E-state index in [-0.39, 0.29) is 5.91 Å². The third-order valence-corrected chi connectivity index (χ3v) is 4.21. The average molecular weight is 396 g/mol. The molecule has 2 aromatic rings. The Balaban J connectivity index is 1.80. The van der Waals surface area contributed by atoms with Gasteiger partial charge in [-0.2, -0.15) is 0 Å². The zero-order chi connectivity index (χ0) is 14.8. The number of anilines is 1. The Kier molecular flexibility index (Phi) is 3.96. The Bertz CT molecular complexity index is 703. The van der Waals surface area contributed by atoms with E-state index in [0.29, 0.717) is 36.1 Å². The normalized spacial score (nSPS) is 12.9. The van der Waals surface area contributed by atoms with Gasteiger partial charge in [0, 0.05) is 9.13 Å². The molecule has 3 rings (SSSR count). The first-order chi connectivity index (χ1) is 10.1. The second-order valence-electron chi connectivity index (χ2n) is 4.58. The quantitative estimate of drug-likeness (QED) is 0.794. The number of aromatic nitrogens is 1. The highest BCUT2D eigenvalue weighted by atomic mass is 127. The van der Waals surface area contributed by atoms with Crippen LogP contribution in [0.5, 0.6) is 11.5 Å². The molecule has 2 heterocycles. The minimum atomic E-state index is -0.222. The van der Waals surface area contributed by atoms with Crippen LogP contribution in [0.15, 0.2) is 30.3 Å². The van der Waals surface area contributed by atoms with Gasteiger partial charge >= 0.3 is 0 Å². The molecule has 1 aromatic heterocycles. The fourth-order valence-corrected chi connectivity index (χ4v) is 2.29. The highest BCUT2D eigenvalue weighted by molar-refractivity contribution is 14.1. The minimum absolute atomic E-state index is 0.222. The number of hydrogen-bond acceptors (Lipinski definition) is 4. The fraction of sp³-hybridized carbons (Fsp3) is 0.200. The molecular formula is C15H13IN2O3. The molecule has 21 heavy (non-hydrogen) atoms. The Morgan fingerprint density at radius 1 is 1.19 bits per heavy atom. The van der Waals surface area contributed by atoms with Gasteiger partial charge < -0.3 is 14.8 Å². The smallest absolute Gasteiger partial charge is 0.256 e. The third kappa shape index (κ3) is 3.10. The SMILES string of the molecule is Cc1nc(NC(=O)c2ccc3c(c2)OCCO3)ccc1I. The molecule has 1 amide bonds. The number of fused-ring (bicyclic) bond motifs is 1. The molecule has 0 fully saturated rings. The molecule has 1 N–H and O–H groups in total. The van der Waals surface area contributed by atoms with E-state index in [0.717, 1.165) is 9.26 Å². The number of pyridine rings is 1. The van der Waals surface area contributed by atoms with Crippen molar-refractivity contribution in [2.75, 3.05) is 18.5 Å². The molecule has 0 bridgehead atoms. The van der Waals surface area contributed by atoms with Gasteiger partial charge in [0.1, 0.15) is 19.0 Å². The van der Waals surface area contributed by atoms with E-state index in [9.17, 15) is 4.79 Å². The first kappa shape index (κ1) is 14.1. The highest BCUT2D eigenvalue weighted by Crippen LogP contribution is 2.30. The first-order valence-corrected chi connectivity index (χ1v) is 7.55. The number of carbonyl (C=O) groups is 1. The second-order valence-corrected chi connectivity index (χ2v) is 5.74. The number of hydrogen-bond donors (Lipinski definition) is 1. The molecule has 0 saturated heterocycles. The molecule has 1 aliphatic heterocycles. The van der Waals surface area contributed by atoms with Gasteiger partial charge in [-0.3, -0.25) is 4.79 Å². The van der Waals surface area contributed by atoms with E-state index >= 15 is 0 Å². The van der Waals surface area contributed by atoms with Crippen molar-refractivity contribution in [2.24, 2.45) is 0 Å². The Morgan fingerprint density at radius 3 is 2.71 bits per heavy atom. The molecule has 0 radical (unpaired) electrons. The summed E-state index contributed by atoms with van der Waals surface area (Å²) in [6.07, 6.45) is 0. The van der Waals surface area contributed by atoms with Crippen LogP contribution < -0.4 is 14.8 Å². The zero-order valence-electron chi connectivity index (χ0n) is 11.4. The van der Waals surface area contributed by atoms with Crippen molar-refractivity contribution in [3.63, 3.8) is 0 Å². The van der Waals surface area contributed by atoms with Crippen molar-refractivity contribution >= 4 is 34.3 Å². The van der Waals surface area contributed by atoms with Crippen LogP contribution in [0.1, 0.15) is 16.1 Å². The lowest BCUT2D eigenvalue weighted by molar-refractivity contribution is 0.102. The number of benzene rings is 1. The number of nitrogens with zero attached hydrogens (tertiary/aromatic N) is 1. The molecule has 1 aromatic carbocycles. The Morgan fingerprint density at radius 2 is 1.95 bits per heavy atom. The van der Waals surface area contributed by atoms with Gasteiger partial charge in [0.15, 0.2) is 11.5 Å². The highest BCUT2D eigenvalue weighted by Gasteiger charge is 2.15. The topological polar surface area (TPSA) is 60.5 Å². The number of halogens is 1. The van der Waals surface area contributed by atoms with Crippen LogP contribution in [0.4, 0.5) is 5.82 Å². The predicted molar refractivity (Wildman–Crippen MR) is 87.1 cm³/mol. The Labute approximate surface area is 135 Å². The fourth-order valence-electron chi connectivity index (χ4n) is 1.99. The monoisotopic (exact) mass is 396 g/mol. The maximum atomic E-state index is 12.2. The van der Waals surface area contributed by atoms with E-state index in [2.05, 4.69) is 32.9 Å². The number of rotatable bonds is 2. The van der Waals surface area contributed by atoms with Crippen molar-refractivity contribution in [2.45, 2.75) is 6.92 Å². The molecular weight excluding hydrogens is 383 g/mol. The van der Waals surface area contributed by atoms with Crippen molar-refractivity contribution in [1.82, 2.24) is 4.98 Å². The molecule has 1 aliphatic rings. The summed E-state index contributed by atoms with van der Waals surface area (Å²) < 4.78 is 12.0. The molecule has 0 saturated carbocycles. The van der Waals surface area contributed by atoms with Crippen LogP contribution >= 0.6 is 22.6 Å². The first-order valence-electron chi connectivity index (χ1n) is 6.47. The summed E-state index contributed by atoms with van der Waals surface area (Å²) >= 11 is 2.20. The van der Waals surface area contributed by atoms with Crippen LogP contribution in [-0.2, 0) is 0 Å². The number of ether oxygens (including phenoxy) is 2. The lowest BCUT2D eigenvalue weighted by Crippen LogP contribution is -2.17. The Hall–Kier alpha value is -1.83. The van der Waals surface area contributed by atoms with Gasteiger partial charge in [-0.25, -0.2) is 4.98 Å². The maximum absolute atomic E-state index is 12.2. The van der Waals surface area contributed by atoms with Gasteiger partial charge in [-0.15, -0.1) is 0 Å². The van der Waals surface area contributed by atoms with Crippen molar-refractivity contribution in [3.05, 3.63) is 45.2 Å². The molecule has 0 atom stereocenters. The molecule has 0 unspecified atom stereocenters. The van der Waals surface area contributed by atoms with Crippen LogP contribution in [-0.4, -0.2) is 24.1 Å². The largest absolute Gasteiger partial charge is 0.486 e. The van der Waals surface area contributed by atoms with Gasteiger partial charge in [0.25, 0.3) is 5.91 Å². The average Bonchev–Trinajstić information content (AvgIpc) is 2.50.